The molecule has 0 aliphatic rings. The molecule has 0 radical (unpaired) electrons. The van der Waals surface area contributed by atoms with Crippen LogP contribution in [0.4, 0.5) is 4.39 Å². The number of benzene rings is 1. The van der Waals surface area contributed by atoms with Gasteiger partial charge in [-0.2, -0.15) is 0 Å². The summed E-state index contributed by atoms with van der Waals surface area (Å²) in [6.45, 7) is 1.61. The van der Waals surface area contributed by atoms with Crippen molar-refractivity contribution < 1.29 is 9.50 Å². The first-order valence-electron chi connectivity index (χ1n) is 9.17. The molecular formula is C20H34FNO. The van der Waals surface area contributed by atoms with Gasteiger partial charge in [-0.3, -0.25) is 4.39 Å². The normalized spacial score (nSPS) is 13.9. The first-order valence-corrected chi connectivity index (χ1v) is 9.17. The zero-order valence-electron chi connectivity index (χ0n) is 14.7. The van der Waals surface area contributed by atoms with E-state index in [1.165, 1.54) is 49.7 Å². The first kappa shape index (κ1) is 20.1. The molecule has 3 N–H and O–H groups in total. The number of aryl methyl sites for hydroxylation is 2. The van der Waals surface area contributed by atoms with Crippen molar-refractivity contribution in [1.82, 2.24) is 0 Å². The van der Waals surface area contributed by atoms with Gasteiger partial charge in [-0.15, -0.1) is 0 Å². The van der Waals surface area contributed by atoms with Crippen LogP contribution in [-0.4, -0.2) is 23.9 Å². The van der Waals surface area contributed by atoms with Gasteiger partial charge in [-0.1, -0.05) is 63.3 Å². The number of alkyl halides is 1. The van der Waals surface area contributed by atoms with E-state index >= 15 is 0 Å². The van der Waals surface area contributed by atoms with Crippen molar-refractivity contribution in [2.24, 2.45) is 5.73 Å². The van der Waals surface area contributed by atoms with Gasteiger partial charge >= 0.3 is 0 Å². The second-order valence-corrected chi connectivity index (χ2v) is 6.79. The monoisotopic (exact) mass is 323 g/mol. The van der Waals surface area contributed by atoms with Crippen molar-refractivity contribution >= 4 is 0 Å². The quantitative estimate of drug-likeness (QED) is 0.522. The Morgan fingerprint density at radius 2 is 1.48 bits per heavy atom. The minimum absolute atomic E-state index is 0.160. The minimum Gasteiger partial charge on any atom is -0.394 e. The average molecular weight is 323 g/mol. The molecule has 0 spiro atoms. The molecular weight excluding hydrogens is 289 g/mol. The van der Waals surface area contributed by atoms with Crippen molar-refractivity contribution in [2.75, 3.05) is 13.3 Å². The summed E-state index contributed by atoms with van der Waals surface area (Å²) in [4.78, 5) is 0. The number of halogens is 1. The average Bonchev–Trinajstić information content (AvgIpc) is 2.57. The van der Waals surface area contributed by atoms with Crippen LogP contribution < -0.4 is 5.73 Å². The molecule has 0 aliphatic heterocycles. The predicted molar refractivity (Wildman–Crippen MR) is 96.4 cm³/mol. The van der Waals surface area contributed by atoms with Crippen LogP contribution in [0.5, 0.6) is 0 Å². The number of aliphatic hydroxyl groups excluding tert-OH is 1. The van der Waals surface area contributed by atoms with Gasteiger partial charge in [-0.25, -0.2) is 0 Å². The second-order valence-electron chi connectivity index (χ2n) is 6.79. The molecule has 0 fully saturated rings. The van der Waals surface area contributed by atoms with Gasteiger partial charge in [-0.05, 0) is 43.2 Å². The summed E-state index contributed by atoms with van der Waals surface area (Å²) in [7, 11) is 0. The number of nitrogens with two attached hydrogens (primary N) is 1. The molecule has 132 valence electrons. The minimum atomic E-state index is -0.786. The molecule has 3 heteroatoms. The third kappa shape index (κ3) is 8.47. The van der Waals surface area contributed by atoms with Crippen LogP contribution in [0.1, 0.15) is 69.4 Å². The molecule has 0 bridgehead atoms. The van der Waals surface area contributed by atoms with Gasteiger partial charge in [0, 0.05) is 5.54 Å². The third-order valence-corrected chi connectivity index (χ3v) is 4.66. The summed E-state index contributed by atoms with van der Waals surface area (Å²) in [5.74, 6) is 0. The Kier molecular flexibility index (Phi) is 10.1. The van der Waals surface area contributed by atoms with Gasteiger partial charge in [0.05, 0.1) is 13.3 Å². The smallest absolute Gasteiger partial charge is 0.0912 e. The maximum absolute atomic E-state index is 12.5. The lowest BCUT2D eigenvalue weighted by Crippen LogP contribution is -2.44. The molecule has 0 aliphatic carbocycles. The molecule has 1 rings (SSSR count). The van der Waals surface area contributed by atoms with Gasteiger partial charge in [0.15, 0.2) is 0 Å². The molecule has 23 heavy (non-hydrogen) atoms. The molecule has 0 aromatic heterocycles. The van der Waals surface area contributed by atoms with Crippen molar-refractivity contribution in [3.63, 3.8) is 0 Å². The highest BCUT2D eigenvalue weighted by atomic mass is 19.1. The summed E-state index contributed by atoms with van der Waals surface area (Å²) in [5, 5.41) is 9.32. The van der Waals surface area contributed by atoms with Crippen molar-refractivity contribution in [3.05, 3.63) is 35.4 Å². The van der Waals surface area contributed by atoms with Crippen LogP contribution in [0.2, 0.25) is 0 Å². The van der Waals surface area contributed by atoms with Crippen molar-refractivity contribution in [1.29, 1.82) is 0 Å². The summed E-state index contributed by atoms with van der Waals surface area (Å²) >= 11 is 0. The summed E-state index contributed by atoms with van der Waals surface area (Å²) in [6, 6.07) is 8.65. The maximum Gasteiger partial charge on any atom is 0.0912 e. The molecule has 0 amide bonds. The third-order valence-electron chi connectivity index (χ3n) is 4.66. The molecule has 1 aromatic rings. The standard InChI is InChI=1S/C20H34FNO/c1-2-3-4-5-6-7-8-18-9-11-19(12-10-18)13-14-20(22,17-23)15-16-21/h9-12,23H,2-8,13-17,22H2,1H3. The van der Waals surface area contributed by atoms with Gasteiger partial charge in [0.25, 0.3) is 0 Å². The summed E-state index contributed by atoms with van der Waals surface area (Å²) in [6.07, 6.45) is 10.7. The Hall–Kier alpha value is -0.930. The van der Waals surface area contributed by atoms with Crippen molar-refractivity contribution in [3.8, 4) is 0 Å². The maximum atomic E-state index is 12.5. The predicted octanol–water partition coefficient (Wildman–Crippen LogP) is 4.57. The lowest BCUT2D eigenvalue weighted by Gasteiger charge is -2.26. The van der Waals surface area contributed by atoms with Gasteiger partial charge in [0.2, 0.25) is 0 Å². The highest BCUT2D eigenvalue weighted by Crippen LogP contribution is 2.17. The van der Waals surface area contributed by atoms with Gasteiger partial charge in [0.1, 0.15) is 0 Å². The Balaban J connectivity index is 2.30. The fourth-order valence-corrected chi connectivity index (χ4v) is 2.85. The fraction of sp³-hybridized carbons (Fsp3) is 0.700. The van der Waals surface area contributed by atoms with Gasteiger partial charge < -0.3 is 10.8 Å². The van der Waals surface area contributed by atoms with E-state index in [1.807, 2.05) is 0 Å². The Morgan fingerprint density at radius 1 is 0.913 bits per heavy atom. The Bertz CT molecular complexity index is 407. The van der Waals surface area contributed by atoms with Crippen LogP contribution in [0.3, 0.4) is 0 Å². The molecule has 1 unspecified atom stereocenters. The Morgan fingerprint density at radius 3 is 2.04 bits per heavy atom. The molecule has 0 saturated heterocycles. The van der Waals surface area contributed by atoms with E-state index < -0.39 is 12.2 Å². The largest absolute Gasteiger partial charge is 0.394 e. The van der Waals surface area contributed by atoms with E-state index in [9.17, 15) is 9.50 Å². The highest BCUT2D eigenvalue weighted by Gasteiger charge is 2.23. The number of rotatable bonds is 13. The number of hydrogen-bond donors (Lipinski definition) is 2. The number of hydrogen-bond acceptors (Lipinski definition) is 2. The molecule has 0 saturated carbocycles. The molecule has 1 atom stereocenters. The topological polar surface area (TPSA) is 46.2 Å². The zero-order valence-corrected chi connectivity index (χ0v) is 14.7. The van der Waals surface area contributed by atoms with E-state index in [4.69, 9.17) is 5.73 Å². The lowest BCUT2D eigenvalue weighted by molar-refractivity contribution is 0.169. The van der Waals surface area contributed by atoms with Crippen LogP contribution in [-0.2, 0) is 12.8 Å². The molecule has 0 heterocycles. The lowest BCUT2D eigenvalue weighted by atomic mass is 9.90. The number of aliphatic hydroxyl groups is 1. The summed E-state index contributed by atoms with van der Waals surface area (Å²) < 4.78 is 12.5. The second kappa shape index (κ2) is 11.6. The Labute approximate surface area is 141 Å². The van der Waals surface area contributed by atoms with E-state index in [2.05, 4.69) is 31.2 Å². The van der Waals surface area contributed by atoms with E-state index in [0.717, 1.165) is 12.8 Å². The van der Waals surface area contributed by atoms with Crippen LogP contribution in [0.15, 0.2) is 24.3 Å². The van der Waals surface area contributed by atoms with E-state index in [1.54, 1.807) is 0 Å². The SMILES string of the molecule is CCCCCCCCc1ccc(CCC(N)(CO)CCF)cc1. The molecule has 1 aromatic carbocycles. The first-order chi connectivity index (χ1) is 11.1. The van der Waals surface area contributed by atoms with E-state index in [0.29, 0.717) is 6.42 Å². The molecule has 2 nitrogen and oxygen atoms in total. The fourth-order valence-electron chi connectivity index (χ4n) is 2.85. The summed E-state index contributed by atoms with van der Waals surface area (Å²) in [5.41, 5.74) is 7.82. The van der Waals surface area contributed by atoms with Crippen LogP contribution >= 0.6 is 0 Å². The van der Waals surface area contributed by atoms with E-state index in [-0.39, 0.29) is 13.0 Å². The van der Waals surface area contributed by atoms with Crippen LogP contribution in [0.25, 0.3) is 0 Å². The number of unbranched alkanes of at least 4 members (excludes halogenated alkanes) is 5. The zero-order chi connectivity index (χ0) is 17.0. The van der Waals surface area contributed by atoms with Crippen LogP contribution in [0, 0.1) is 0 Å². The van der Waals surface area contributed by atoms with Crippen molar-refractivity contribution in [2.45, 2.75) is 76.7 Å². The highest BCUT2D eigenvalue weighted by molar-refractivity contribution is 5.23.